The molecule has 0 aliphatic carbocycles. The van der Waals surface area contributed by atoms with E-state index in [1.165, 1.54) is 12.1 Å². The molecular weight excluding hydrogens is 333 g/mol. The highest BCUT2D eigenvalue weighted by molar-refractivity contribution is 6.00. The van der Waals surface area contributed by atoms with Crippen LogP contribution < -0.4 is 4.90 Å². The standard InChI is InChI=1S/C17H22FNO6/c1-4-24-14(20)9-6-10-19(17(23)25-11(2)3)13-8-5-7-12(18)15(13)16(21)22/h5,7-8,11H,4,6,9-10H2,1-3H3,(H,21,22). The number of amides is 1. The first-order valence-electron chi connectivity index (χ1n) is 7.93. The van der Waals surface area contributed by atoms with Crippen LogP contribution in [0, 0.1) is 5.82 Å². The molecule has 8 heteroatoms. The fraction of sp³-hybridized carbons (Fsp3) is 0.471. The molecule has 1 N–H and O–H groups in total. The third-order valence-electron chi connectivity index (χ3n) is 3.12. The van der Waals surface area contributed by atoms with E-state index in [1.807, 2.05) is 0 Å². The van der Waals surface area contributed by atoms with E-state index in [0.29, 0.717) is 0 Å². The first kappa shape index (κ1) is 20.4. The van der Waals surface area contributed by atoms with Crippen molar-refractivity contribution in [3.63, 3.8) is 0 Å². The molecule has 0 heterocycles. The SMILES string of the molecule is CCOC(=O)CCCN(C(=O)OC(C)C)c1cccc(F)c1C(=O)O. The third kappa shape index (κ3) is 6.06. The molecule has 0 aromatic heterocycles. The maximum absolute atomic E-state index is 13.9. The van der Waals surface area contributed by atoms with Gasteiger partial charge in [0.2, 0.25) is 0 Å². The topological polar surface area (TPSA) is 93.1 Å². The number of anilines is 1. The molecule has 0 unspecified atom stereocenters. The number of hydrogen-bond acceptors (Lipinski definition) is 5. The number of carbonyl (C=O) groups is 3. The third-order valence-corrected chi connectivity index (χ3v) is 3.12. The molecule has 25 heavy (non-hydrogen) atoms. The van der Waals surface area contributed by atoms with E-state index in [2.05, 4.69) is 0 Å². The summed E-state index contributed by atoms with van der Waals surface area (Å²) in [6.07, 6.45) is -1.01. The highest BCUT2D eigenvalue weighted by atomic mass is 19.1. The van der Waals surface area contributed by atoms with E-state index in [4.69, 9.17) is 9.47 Å². The lowest BCUT2D eigenvalue weighted by molar-refractivity contribution is -0.143. The number of halogens is 1. The first-order chi connectivity index (χ1) is 11.8. The van der Waals surface area contributed by atoms with Crippen molar-refractivity contribution in [2.45, 2.75) is 39.7 Å². The Hall–Kier alpha value is -2.64. The number of aromatic carboxylic acids is 1. The van der Waals surface area contributed by atoms with E-state index in [0.717, 1.165) is 11.0 Å². The molecule has 0 aliphatic rings. The molecule has 0 fully saturated rings. The molecule has 0 bridgehead atoms. The highest BCUT2D eigenvalue weighted by Crippen LogP contribution is 2.25. The minimum atomic E-state index is -1.50. The van der Waals surface area contributed by atoms with E-state index < -0.39 is 35.5 Å². The van der Waals surface area contributed by atoms with Crippen molar-refractivity contribution in [1.29, 1.82) is 0 Å². The zero-order valence-electron chi connectivity index (χ0n) is 14.5. The second kappa shape index (κ2) is 9.61. The predicted molar refractivity (Wildman–Crippen MR) is 88.2 cm³/mol. The maximum atomic E-state index is 13.9. The normalized spacial score (nSPS) is 10.4. The van der Waals surface area contributed by atoms with Crippen LogP contribution in [0.3, 0.4) is 0 Å². The predicted octanol–water partition coefficient (Wildman–Crippen LogP) is 3.22. The number of rotatable bonds is 8. The van der Waals surface area contributed by atoms with Gasteiger partial charge in [0.05, 0.1) is 18.4 Å². The summed E-state index contributed by atoms with van der Waals surface area (Å²) < 4.78 is 23.8. The van der Waals surface area contributed by atoms with Gasteiger partial charge in [-0.1, -0.05) is 6.07 Å². The monoisotopic (exact) mass is 355 g/mol. The molecule has 1 amide bonds. The summed E-state index contributed by atoms with van der Waals surface area (Å²) in [4.78, 5) is 36.1. The lowest BCUT2D eigenvalue weighted by atomic mass is 10.1. The van der Waals surface area contributed by atoms with Crippen molar-refractivity contribution in [3.8, 4) is 0 Å². The van der Waals surface area contributed by atoms with Crippen LogP contribution in [-0.2, 0) is 14.3 Å². The molecule has 0 atom stereocenters. The number of benzene rings is 1. The highest BCUT2D eigenvalue weighted by Gasteiger charge is 2.26. The zero-order chi connectivity index (χ0) is 19.0. The summed E-state index contributed by atoms with van der Waals surface area (Å²) in [5, 5.41) is 9.25. The molecule has 1 aromatic carbocycles. The van der Waals surface area contributed by atoms with Gasteiger partial charge in [-0.05, 0) is 39.3 Å². The van der Waals surface area contributed by atoms with Gasteiger partial charge in [0, 0.05) is 13.0 Å². The number of carboxylic acid groups (broad SMARTS) is 1. The largest absolute Gasteiger partial charge is 0.478 e. The van der Waals surface area contributed by atoms with Crippen LogP contribution in [0.4, 0.5) is 14.9 Å². The second-order valence-corrected chi connectivity index (χ2v) is 5.43. The van der Waals surface area contributed by atoms with Crippen LogP contribution in [0.1, 0.15) is 44.0 Å². The van der Waals surface area contributed by atoms with Crippen molar-refractivity contribution in [3.05, 3.63) is 29.6 Å². The van der Waals surface area contributed by atoms with Gasteiger partial charge < -0.3 is 14.6 Å². The molecule has 0 radical (unpaired) electrons. The molecule has 7 nitrogen and oxygen atoms in total. The fourth-order valence-electron chi connectivity index (χ4n) is 2.14. The average molecular weight is 355 g/mol. The summed E-state index contributed by atoms with van der Waals surface area (Å²) >= 11 is 0. The Balaban J connectivity index is 3.07. The summed E-state index contributed by atoms with van der Waals surface area (Å²) in [6, 6.07) is 3.62. The van der Waals surface area contributed by atoms with Gasteiger partial charge in [-0.2, -0.15) is 0 Å². The van der Waals surface area contributed by atoms with E-state index in [1.54, 1.807) is 20.8 Å². The van der Waals surface area contributed by atoms with Crippen LogP contribution in [0.2, 0.25) is 0 Å². The first-order valence-corrected chi connectivity index (χ1v) is 7.93. The minimum Gasteiger partial charge on any atom is -0.478 e. The van der Waals surface area contributed by atoms with Crippen LogP contribution in [0.5, 0.6) is 0 Å². The lowest BCUT2D eigenvalue weighted by Gasteiger charge is -2.24. The average Bonchev–Trinajstić information content (AvgIpc) is 2.50. The van der Waals surface area contributed by atoms with Gasteiger partial charge >= 0.3 is 18.0 Å². The quantitative estimate of drug-likeness (QED) is 0.720. The van der Waals surface area contributed by atoms with Gasteiger partial charge in [0.15, 0.2) is 0 Å². The van der Waals surface area contributed by atoms with Crippen LogP contribution in [0.25, 0.3) is 0 Å². The van der Waals surface area contributed by atoms with Gasteiger partial charge in [0.25, 0.3) is 0 Å². The summed E-state index contributed by atoms with van der Waals surface area (Å²) in [7, 11) is 0. The maximum Gasteiger partial charge on any atom is 0.414 e. The Kier molecular flexibility index (Phi) is 7.84. The number of carboxylic acids is 1. The van der Waals surface area contributed by atoms with Crippen molar-refractivity contribution in [1.82, 2.24) is 0 Å². The molecule has 0 aliphatic heterocycles. The van der Waals surface area contributed by atoms with Gasteiger partial charge in [-0.25, -0.2) is 14.0 Å². The molecule has 0 saturated heterocycles. The Labute approximate surface area is 145 Å². The number of carbonyl (C=O) groups excluding carboxylic acids is 2. The lowest BCUT2D eigenvalue weighted by Crippen LogP contribution is -2.35. The molecular formula is C17H22FNO6. The smallest absolute Gasteiger partial charge is 0.414 e. The second-order valence-electron chi connectivity index (χ2n) is 5.43. The Morgan fingerprint density at radius 3 is 2.52 bits per heavy atom. The summed E-state index contributed by atoms with van der Waals surface area (Å²) in [5.41, 5.74) is -0.749. The number of hydrogen-bond donors (Lipinski definition) is 1. The van der Waals surface area contributed by atoms with Gasteiger partial charge in [0.1, 0.15) is 11.4 Å². The Morgan fingerprint density at radius 2 is 1.96 bits per heavy atom. The minimum absolute atomic E-state index is 0.0197. The van der Waals surface area contributed by atoms with Crippen LogP contribution in [0.15, 0.2) is 18.2 Å². The van der Waals surface area contributed by atoms with E-state index in [9.17, 15) is 23.9 Å². The fourth-order valence-corrected chi connectivity index (χ4v) is 2.14. The van der Waals surface area contributed by atoms with E-state index in [-0.39, 0.29) is 31.7 Å². The molecule has 0 saturated carbocycles. The summed E-state index contributed by atoms with van der Waals surface area (Å²) in [5.74, 6) is -2.89. The van der Waals surface area contributed by atoms with Gasteiger partial charge in [-0.3, -0.25) is 9.69 Å². The van der Waals surface area contributed by atoms with Crippen molar-refractivity contribution >= 4 is 23.7 Å². The van der Waals surface area contributed by atoms with Crippen LogP contribution >= 0.6 is 0 Å². The summed E-state index contributed by atoms with van der Waals surface area (Å²) in [6.45, 7) is 5.17. The van der Waals surface area contributed by atoms with Crippen molar-refractivity contribution < 1.29 is 33.4 Å². The molecule has 1 aromatic rings. The number of ether oxygens (including phenoxy) is 2. The molecule has 1 rings (SSSR count). The van der Waals surface area contributed by atoms with E-state index >= 15 is 0 Å². The number of esters is 1. The Morgan fingerprint density at radius 1 is 1.28 bits per heavy atom. The molecule has 138 valence electrons. The van der Waals surface area contributed by atoms with Gasteiger partial charge in [-0.15, -0.1) is 0 Å². The number of nitrogens with zero attached hydrogens (tertiary/aromatic N) is 1. The van der Waals surface area contributed by atoms with Crippen LogP contribution in [-0.4, -0.2) is 42.4 Å². The van der Waals surface area contributed by atoms with Crippen molar-refractivity contribution in [2.75, 3.05) is 18.1 Å². The van der Waals surface area contributed by atoms with Crippen molar-refractivity contribution in [2.24, 2.45) is 0 Å². The zero-order valence-corrected chi connectivity index (χ0v) is 14.5. The molecule has 0 spiro atoms. The Bertz CT molecular complexity index is 632.